The molecule has 2 aromatic heterocycles. The molecule has 0 aliphatic carbocycles. The first-order valence-electron chi connectivity index (χ1n) is 9.94. The van der Waals surface area contributed by atoms with Gasteiger partial charge in [-0.1, -0.05) is 12.1 Å². The average molecular weight is 455 g/mol. The van der Waals surface area contributed by atoms with Crippen LogP contribution >= 0.6 is 11.3 Å². The van der Waals surface area contributed by atoms with Gasteiger partial charge in [0.25, 0.3) is 5.91 Å². The lowest BCUT2D eigenvalue weighted by Crippen LogP contribution is -2.27. The van der Waals surface area contributed by atoms with Crippen molar-refractivity contribution in [3.05, 3.63) is 77.6 Å². The van der Waals surface area contributed by atoms with Crippen LogP contribution in [-0.4, -0.2) is 23.3 Å². The summed E-state index contributed by atoms with van der Waals surface area (Å²) >= 11 is 1.54. The number of carbonyl (C=O) groups is 2. The van der Waals surface area contributed by atoms with Crippen molar-refractivity contribution in [3.8, 4) is 10.8 Å². The van der Waals surface area contributed by atoms with Gasteiger partial charge in [-0.05, 0) is 42.8 Å². The van der Waals surface area contributed by atoms with Gasteiger partial charge in [0.1, 0.15) is 17.4 Å². The number of hydrogen-bond acceptors (Lipinski definition) is 5. The fourth-order valence-corrected chi connectivity index (χ4v) is 3.99. The van der Waals surface area contributed by atoms with Gasteiger partial charge in [0, 0.05) is 19.0 Å². The zero-order chi connectivity index (χ0) is 22.5. The number of halogens is 2. The fourth-order valence-electron chi connectivity index (χ4n) is 3.06. The van der Waals surface area contributed by atoms with Gasteiger partial charge in [0.05, 0.1) is 22.3 Å². The summed E-state index contributed by atoms with van der Waals surface area (Å²) in [6, 6.07) is 14.2. The summed E-state index contributed by atoms with van der Waals surface area (Å²) in [7, 11) is 0. The predicted molar refractivity (Wildman–Crippen MR) is 117 cm³/mol. The zero-order valence-corrected chi connectivity index (χ0v) is 17.7. The van der Waals surface area contributed by atoms with E-state index in [2.05, 4.69) is 15.6 Å². The summed E-state index contributed by atoms with van der Waals surface area (Å²) in [6.45, 7) is 0.419. The summed E-state index contributed by atoms with van der Waals surface area (Å²) in [6.07, 6.45) is 0.549. The smallest absolute Gasteiger partial charge is 0.254 e. The summed E-state index contributed by atoms with van der Waals surface area (Å²) in [5.41, 5.74) is 0.672. The Bertz CT molecular complexity index is 1240. The molecule has 0 saturated heterocycles. The highest BCUT2D eigenvalue weighted by Crippen LogP contribution is 2.31. The molecule has 0 fully saturated rings. The lowest BCUT2D eigenvalue weighted by molar-refractivity contribution is -0.121. The largest absolute Gasteiger partial charge is 0.457 e. The molecule has 6 nitrogen and oxygen atoms in total. The van der Waals surface area contributed by atoms with Gasteiger partial charge in [-0.15, -0.1) is 11.3 Å². The molecule has 2 amide bonds. The van der Waals surface area contributed by atoms with E-state index in [0.717, 1.165) is 27.4 Å². The number of fused-ring (bicyclic) bond motifs is 1. The molecule has 4 aromatic rings. The van der Waals surface area contributed by atoms with E-state index in [1.165, 1.54) is 11.3 Å². The lowest BCUT2D eigenvalue weighted by Gasteiger charge is -2.07. The maximum atomic E-state index is 13.6. The van der Waals surface area contributed by atoms with E-state index in [0.29, 0.717) is 24.0 Å². The normalized spacial score (nSPS) is 10.9. The molecule has 0 aliphatic heterocycles. The fraction of sp³-hybridized carbons (Fsp3) is 0.174. The van der Waals surface area contributed by atoms with Crippen LogP contribution < -0.4 is 10.6 Å². The SMILES string of the molecule is O=C(CCCNC(=O)c1ccc(F)cc1F)NCc1ccc(-c2nc3ccccc3s2)o1. The molecule has 0 aliphatic rings. The lowest BCUT2D eigenvalue weighted by atomic mass is 10.2. The summed E-state index contributed by atoms with van der Waals surface area (Å²) in [4.78, 5) is 28.5. The van der Waals surface area contributed by atoms with E-state index in [4.69, 9.17) is 4.42 Å². The van der Waals surface area contributed by atoms with Crippen molar-refractivity contribution in [3.63, 3.8) is 0 Å². The van der Waals surface area contributed by atoms with Crippen LogP contribution in [0.2, 0.25) is 0 Å². The Hall–Kier alpha value is -3.59. The highest BCUT2D eigenvalue weighted by molar-refractivity contribution is 7.21. The summed E-state index contributed by atoms with van der Waals surface area (Å²) < 4.78 is 33.4. The van der Waals surface area contributed by atoms with E-state index in [-0.39, 0.29) is 31.0 Å². The number of aromatic nitrogens is 1. The molecule has 2 N–H and O–H groups in total. The van der Waals surface area contributed by atoms with Crippen LogP contribution in [-0.2, 0) is 11.3 Å². The van der Waals surface area contributed by atoms with Crippen LogP contribution in [0, 0.1) is 11.6 Å². The molecule has 2 heterocycles. The van der Waals surface area contributed by atoms with Gasteiger partial charge in [-0.2, -0.15) is 0 Å². The van der Waals surface area contributed by atoms with Crippen molar-refractivity contribution >= 4 is 33.4 Å². The van der Waals surface area contributed by atoms with Crippen LogP contribution in [0.5, 0.6) is 0 Å². The summed E-state index contributed by atoms with van der Waals surface area (Å²) in [5, 5.41) is 6.05. The molecule has 0 unspecified atom stereocenters. The molecule has 4 rings (SSSR count). The first-order chi connectivity index (χ1) is 15.5. The van der Waals surface area contributed by atoms with Gasteiger partial charge in [0.15, 0.2) is 10.8 Å². The third-order valence-electron chi connectivity index (χ3n) is 4.67. The summed E-state index contributed by atoms with van der Waals surface area (Å²) in [5.74, 6) is -1.28. The molecule has 164 valence electrons. The van der Waals surface area contributed by atoms with Crippen LogP contribution in [0.3, 0.4) is 0 Å². The second kappa shape index (κ2) is 9.69. The Balaban J connectivity index is 1.20. The van der Waals surface area contributed by atoms with E-state index < -0.39 is 17.5 Å². The van der Waals surface area contributed by atoms with Crippen LogP contribution in [0.15, 0.2) is 59.0 Å². The number of nitrogens with one attached hydrogen (secondary N) is 2. The first kappa shape index (κ1) is 21.6. The Morgan fingerprint density at radius 1 is 1.03 bits per heavy atom. The molecule has 32 heavy (non-hydrogen) atoms. The molecule has 9 heteroatoms. The average Bonchev–Trinajstić information content (AvgIpc) is 3.42. The first-order valence-corrected chi connectivity index (χ1v) is 10.8. The highest BCUT2D eigenvalue weighted by Gasteiger charge is 2.13. The quantitative estimate of drug-likeness (QED) is 0.379. The Kier molecular flexibility index (Phi) is 6.55. The molecule has 0 spiro atoms. The number of para-hydroxylation sites is 1. The van der Waals surface area contributed by atoms with Crippen LogP contribution in [0.25, 0.3) is 21.0 Å². The number of rotatable bonds is 8. The second-order valence-corrected chi connectivity index (χ2v) is 8.04. The zero-order valence-electron chi connectivity index (χ0n) is 16.9. The number of benzene rings is 2. The van der Waals surface area contributed by atoms with Crippen molar-refractivity contribution in [2.75, 3.05) is 6.54 Å². The van der Waals surface area contributed by atoms with Crippen molar-refractivity contribution in [1.82, 2.24) is 15.6 Å². The Labute approximate surface area is 186 Å². The van der Waals surface area contributed by atoms with E-state index >= 15 is 0 Å². The van der Waals surface area contributed by atoms with E-state index in [1.54, 1.807) is 6.07 Å². The van der Waals surface area contributed by atoms with Gasteiger partial charge in [-0.3, -0.25) is 9.59 Å². The second-order valence-electron chi connectivity index (χ2n) is 7.01. The molecule has 0 bridgehead atoms. The number of amides is 2. The van der Waals surface area contributed by atoms with Crippen molar-refractivity contribution in [2.45, 2.75) is 19.4 Å². The predicted octanol–water partition coefficient (Wildman–Crippen LogP) is 4.66. The van der Waals surface area contributed by atoms with Crippen LogP contribution in [0.4, 0.5) is 8.78 Å². The molecule has 0 radical (unpaired) electrons. The number of hydrogen-bond donors (Lipinski definition) is 2. The number of carbonyl (C=O) groups excluding carboxylic acids is 2. The van der Waals surface area contributed by atoms with Gasteiger partial charge in [-0.25, -0.2) is 13.8 Å². The van der Waals surface area contributed by atoms with Crippen molar-refractivity contribution in [2.24, 2.45) is 0 Å². The molecular weight excluding hydrogens is 436 g/mol. The number of nitrogens with zero attached hydrogens (tertiary/aromatic N) is 1. The molecule has 0 saturated carbocycles. The van der Waals surface area contributed by atoms with Crippen molar-refractivity contribution < 1.29 is 22.8 Å². The molecule has 0 atom stereocenters. The minimum atomic E-state index is -0.927. The highest BCUT2D eigenvalue weighted by atomic mass is 32.1. The third kappa shape index (κ3) is 5.17. The monoisotopic (exact) mass is 455 g/mol. The number of thiazole rings is 1. The van der Waals surface area contributed by atoms with Crippen LogP contribution in [0.1, 0.15) is 29.0 Å². The molecular formula is C23H19F2N3O3S. The van der Waals surface area contributed by atoms with E-state index in [9.17, 15) is 18.4 Å². The third-order valence-corrected chi connectivity index (χ3v) is 5.72. The Morgan fingerprint density at radius 3 is 2.69 bits per heavy atom. The standard InChI is InChI=1S/C23H19F2N3O3S/c24-14-7-9-16(17(25)12-14)22(30)26-11-3-6-21(29)27-13-15-8-10-19(31-15)23-28-18-4-1-2-5-20(18)32-23/h1-2,4-5,7-10,12H,3,6,11,13H2,(H,26,30)(H,27,29). The maximum Gasteiger partial charge on any atom is 0.254 e. The Morgan fingerprint density at radius 2 is 1.88 bits per heavy atom. The van der Waals surface area contributed by atoms with Gasteiger partial charge >= 0.3 is 0 Å². The topological polar surface area (TPSA) is 84.2 Å². The minimum absolute atomic E-state index is 0.178. The van der Waals surface area contributed by atoms with Crippen molar-refractivity contribution in [1.29, 1.82) is 0 Å². The van der Waals surface area contributed by atoms with E-state index in [1.807, 2.05) is 30.3 Å². The number of furan rings is 1. The van der Waals surface area contributed by atoms with Gasteiger partial charge < -0.3 is 15.1 Å². The minimum Gasteiger partial charge on any atom is -0.457 e. The molecule has 2 aromatic carbocycles. The maximum absolute atomic E-state index is 13.6. The van der Waals surface area contributed by atoms with Gasteiger partial charge in [0.2, 0.25) is 5.91 Å².